The Hall–Kier alpha value is -1.21. The average Bonchev–Trinajstić information content (AvgIpc) is 2.66. The van der Waals surface area contributed by atoms with Gasteiger partial charge in [0.1, 0.15) is 0 Å². The molecule has 0 aromatic carbocycles. The minimum absolute atomic E-state index is 0.0101. The van der Waals surface area contributed by atoms with Crippen LogP contribution in [0.2, 0.25) is 0 Å². The molecule has 0 fully saturated rings. The van der Waals surface area contributed by atoms with E-state index in [1.807, 2.05) is 6.92 Å². The van der Waals surface area contributed by atoms with Crippen LogP contribution in [0.4, 0.5) is 0 Å². The van der Waals surface area contributed by atoms with Crippen molar-refractivity contribution in [3.8, 4) is 0 Å². The fraction of sp³-hybridized carbons (Fsp3) is 0.583. The number of carbonyl (C=O) groups is 2. The fourth-order valence-electron chi connectivity index (χ4n) is 1.72. The van der Waals surface area contributed by atoms with E-state index in [2.05, 4.69) is 10.3 Å². The molecule has 0 aliphatic heterocycles. The van der Waals surface area contributed by atoms with E-state index in [-0.39, 0.29) is 17.7 Å². The standard InChI is InChI=1S/C12H19N3O2S2/c1-7(11(17)13-3)6-15(4)10(16)5-9-8(2)14-12(18)19-9/h7H,5-6H2,1-4H3,(H,13,17)(H,14,18). The highest BCUT2D eigenvalue weighted by atomic mass is 32.1. The second-order valence-electron chi connectivity index (χ2n) is 4.53. The van der Waals surface area contributed by atoms with Crippen LogP contribution in [-0.2, 0) is 16.0 Å². The molecule has 1 aromatic heterocycles. The Morgan fingerprint density at radius 2 is 2.16 bits per heavy atom. The fourth-order valence-corrected chi connectivity index (χ4v) is 3.00. The third-order valence-electron chi connectivity index (χ3n) is 2.90. The lowest BCUT2D eigenvalue weighted by Gasteiger charge is -2.20. The van der Waals surface area contributed by atoms with Gasteiger partial charge >= 0.3 is 0 Å². The van der Waals surface area contributed by atoms with Crippen molar-refractivity contribution < 1.29 is 9.59 Å². The lowest BCUT2D eigenvalue weighted by molar-refractivity contribution is -0.131. The molecule has 1 heterocycles. The first-order valence-corrected chi connectivity index (χ1v) is 7.21. The lowest BCUT2D eigenvalue weighted by Crippen LogP contribution is -2.37. The van der Waals surface area contributed by atoms with Crippen molar-refractivity contribution in [1.29, 1.82) is 0 Å². The number of aryl methyl sites for hydroxylation is 1. The number of thiazole rings is 1. The Kier molecular flexibility index (Phi) is 5.68. The summed E-state index contributed by atoms with van der Waals surface area (Å²) in [6.45, 7) is 4.11. The molecule has 0 radical (unpaired) electrons. The van der Waals surface area contributed by atoms with Gasteiger partial charge in [-0.15, -0.1) is 11.3 Å². The summed E-state index contributed by atoms with van der Waals surface area (Å²) in [7, 11) is 3.31. The number of H-pyrrole nitrogens is 1. The van der Waals surface area contributed by atoms with Gasteiger partial charge in [0.05, 0.1) is 12.3 Å². The molecule has 19 heavy (non-hydrogen) atoms. The van der Waals surface area contributed by atoms with Crippen LogP contribution in [-0.4, -0.2) is 42.3 Å². The molecule has 0 saturated carbocycles. The SMILES string of the molecule is CNC(=O)C(C)CN(C)C(=O)Cc1sc(=S)[nH]c1C. The zero-order valence-electron chi connectivity index (χ0n) is 11.6. The van der Waals surface area contributed by atoms with Crippen LogP contribution in [0.5, 0.6) is 0 Å². The highest BCUT2D eigenvalue weighted by Crippen LogP contribution is 2.16. The van der Waals surface area contributed by atoms with Gasteiger partial charge in [-0.2, -0.15) is 0 Å². The molecule has 0 saturated heterocycles. The molecular formula is C12H19N3O2S2. The molecule has 7 heteroatoms. The number of aromatic nitrogens is 1. The highest BCUT2D eigenvalue weighted by Gasteiger charge is 2.18. The minimum atomic E-state index is -0.218. The van der Waals surface area contributed by atoms with Gasteiger partial charge in [0.2, 0.25) is 11.8 Å². The van der Waals surface area contributed by atoms with E-state index in [1.165, 1.54) is 11.3 Å². The zero-order chi connectivity index (χ0) is 14.6. The summed E-state index contributed by atoms with van der Waals surface area (Å²) in [4.78, 5) is 29.1. The zero-order valence-corrected chi connectivity index (χ0v) is 13.2. The van der Waals surface area contributed by atoms with Crippen molar-refractivity contribution in [2.45, 2.75) is 20.3 Å². The minimum Gasteiger partial charge on any atom is -0.359 e. The summed E-state index contributed by atoms with van der Waals surface area (Å²) in [5, 5.41) is 2.58. The van der Waals surface area contributed by atoms with Crippen molar-refractivity contribution in [3.05, 3.63) is 14.5 Å². The maximum atomic E-state index is 12.1. The Labute approximate surface area is 122 Å². The van der Waals surface area contributed by atoms with E-state index >= 15 is 0 Å². The van der Waals surface area contributed by atoms with Crippen molar-refractivity contribution in [3.63, 3.8) is 0 Å². The third kappa shape index (κ3) is 4.43. The maximum Gasteiger partial charge on any atom is 0.227 e. The Balaban J connectivity index is 2.60. The van der Waals surface area contributed by atoms with Crippen LogP contribution in [0.3, 0.4) is 0 Å². The summed E-state index contributed by atoms with van der Waals surface area (Å²) < 4.78 is 0.682. The number of nitrogens with one attached hydrogen (secondary N) is 2. The Morgan fingerprint density at radius 3 is 2.63 bits per heavy atom. The Morgan fingerprint density at radius 1 is 1.53 bits per heavy atom. The van der Waals surface area contributed by atoms with Crippen LogP contribution in [0.25, 0.3) is 0 Å². The molecule has 106 valence electrons. The van der Waals surface area contributed by atoms with E-state index in [9.17, 15) is 9.59 Å². The second kappa shape index (κ2) is 6.81. The molecule has 0 aliphatic carbocycles. The summed E-state index contributed by atoms with van der Waals surface area (Å²) >= 11 is 6.47. The lowest BCUT2D eigenvalue weighted by atomic mass is 10.1. The largest absolute Gasteiger partial charge is 0.359 e. The van der Waals surface area contributed by atoms with Gasteiger partial charge in [0, 0.05) is 31.2 Å². The monoisotopic (exact) mass is 301 g/mol. The molecular weight excluding hydrogens is 282 g/mol. The molecule has 1 rings (SSSR count). The summed E-state index contributed by atoms with van der Waals surface area (Å²) in [6, 6.07) is 0. The number of hydrogen-bond donors (Lipinski definition) is 2. The number of carbonyl (C=O) groups excluding carboxylic acids is 2. The summed E-state index contributed by atoms with van der Waals surface area (Å²) in [6.07, 6.45) is 0.320. The van der Waals surface area contributed by atoms with E-state index < -0.39 is 0 Å². The van der Waals surface area contributed by atoms with Crippen molar-refractivity contribution in [1.82, 2.24) is 15.2 Å². The summed E-state index contributed by atoms with van der Waals surface area (Å²) in [5.74, 6) is -0.290. The quantitative estimate of drug-likeness (QED) is 0.810. The summed E-state index contributed by atoms with van der Waals surface area (Å²) in [5.41, 5.74) is 0.941. The third-order valence-corrected chi connectivity index (χ3v) is 4.24. The maximum absolute atomic E-state index is 12.1. The predicted molar refractivity (Wildman–Crippen MR) is 78.8 cm³/mol. The molecule has 0 bridgehead atoms. The van der Waals surface area contributed by atoms with Crippen molar-refractivity contribution >= 4 is 35.4 Å². The molecule has 1 unspecified atom stereocenters. The van der Waals surface area contributed by atoms with E-state index in [0.717, 1.165) is 10.6 Å². The van der Waals surface area contributed by atoms with Gasteiger partial charge in [-0.25, -0.2) is 0 Å². The number of aromatic amines is 1. The van der Waals surface area contributed by atoms with Crippen LogP contribution in [0.1, 0.15) is 17.5 Å². The average molecular weight is 301 g/mol. The first-order chi connectivity index (χ1) is 8.85. The number of nitrogens with zero attached hydrogens (tertiary/aromatic N) is 1. The van der Waals surface area contributed by atoms with Crippen LogP contribution in [0.15, 0.2) is 0 Å². The highest BCUT2D eigenvalue weighted by molar-refractivity contribution is 7.73. The van der Waals surface area contributed by atoms with Crippen LogP contribution < -0.4 is 5.32 Å². The molecule has 0 aliphatic rings. The second-order valence-corrected chi connectivity index (χ2v) is 6.30. The molecule has 0 spiro atoms. The number of rotatable bonds is 5. The van der Waals surface area contributed by atoms with E-state index in [0.29, 0.717) is 16.9 Å². The number of hydrogen-bond acceptors (Lipinski definition) is 4. The first kappa shape index (κ1) is 15.8. The topological polar surface area (TPSA) is 65.2 Å². The van der Waals surface area contributed by atoms with Crippen molar-refractivity contribution in [2.24, 2.45) is 5.92 Å². The number of likely N-dealkylation sites (N-methyl/N-ethyl adjacent to an activating group) is 1. The molecule has 2 amide bonds. The van der Waals surface area contributed by atoms with E-state index in [1.54, 1.807) is 25.9 Å². The van der Waals surface area contributed by atoms with E-state index in [4.69, 9.17) is 12.2 Å². The number of amides is 2. The van der Waals surface area contributed by atoms with Crippen molar-refractivity contribution in [2.75, 3.05) is 20.6 Å². The molecule has 5 nitrogen and oxygen atoms in total. The smallest absolute Gasteiger partial charge is 0.227 e. The van der Waals surface area contributed by atoms with Crippen LogP contribution >= 0.6 is 23.6 Å². The van der Waals surface area contributed by atoms with Gasteiger partial charge in [-0.1, -0.05) is 6.92 Å². The molecule has 1 aromatic rings. The van der Waals surface area contributed by atoms with Gasteiger partial charge < -0.3 is 15.2 Å². The predicted octanol–water partition coefficient (Wildman–Crippen LogP) is 1.50. The van der Waals surface area contributed by atoms with Crippen LogP contribution in [0, 0.1) is 16.8 Å². The van der Waals surface area contributed by atoms with Gasteiger partial charge in [0.25, 0.3) is 0 Å². The molecule has 1 atom stereocenters. The Bertz CT molecular complexity index is 521. The normalized spacial score (nSPS) is 12.0. The van der Waals surface area contributed by atoms with Gasteiger partial charge in [0.15, 0.2) is 3.95 Å². The first-order valence-electron chi connectivity index (χ1n) is 5.99. The van der Waals surface area contributed by atoms with Gasteiger partial charge in [-0.3, -0.25) is 9.59 Å². The molecule has 2 N–H and O–H groups in total. The van der Waals surface area contributed by atoms with Gasteiger partial charge in [-0.05, 0) is 19.1 Å².